The fourth-order valence-corrected chi connectivity index (χ4v) is 5.88. The minimum absolute atomic E-state index is 0.00348. The molecule has 10 heteroatoms. The number of fused-ring (bicyclic) bond motifs is 2. The van der Waals surface area contributed by atoms with Crippen LogP contribution in [0.4, 0.5) is 5.82 Å². The molecule has 3 heterocycles. The summed E-state index contributed by atoms with van der Waals surface area (Å²) in [6.45, 7) is 7.88. The van der Waals surface area contributed by atoms with Crippen molar-refractivity contribution in [1.29, 1.82) is 0 Å². The number of hydrogen-bond donors (Lipinski definition) is 2. The highest BCUT2D eigenvalue weighted by molar-refractivity contribution is 8.01. The van der Waals surface area contributed by atoms with Crippen LogP contribution < -0.4 is 15.8 Å². The van der Waals surface area contributed by atoms with Gasteiger partial charge in [0.1, 0.15) is 5.75 Å². The van der Waals surface area contributed by atoms with E-state index in [2.05, 4.69) is 35.6 Å². The molecule has 0 unspecified atom stereocenters. The van der Waals surface area contributed by atoms with Crippen LogP contribution in [0.5, 0.6) is 5.75 Å². The largest absolute Gasteiger partial charge is 0.495 e. The number of methoxy groups -OCH3 is 1. The fraction of sp³-hybridized carbons (Fsp3) is 0.280. The van der Waals surface area contributed by atoms with Gasteiger partial charge in [-0.25, -0.2) is 19.9 Å². The molecular weight excluding hydrogens is 478 g/mol. The van der Waals surface area contributed by atoms with Crippen LogP contribution in [0.3, 0.4) is 0 Å². The van der Waals surface area contributed by atoms with Crippen molar-refractivity contribution in [3.8, 4) is 17.1 Å². The van der Waals surface area contributed by atoms with Crippen molar-refractivity contribution in [2.75, 3.05) is 19.4 Å². The van der Waals surface area contributed by atoms with Gasteiger partial charge < -0.3 is 20.4 Å². The third kappa shape index (κ3) is 4.95. The third-order valence-electron chi connectivity index (χ3n) is 5.37. The molecule has 0 radical (unpaired) electrons. The third-order valence-corrected chi connectivity index (χ3v) is 7.51. The Morgan fingerprint density at radius 2 is 1.83 bits per heavy atom. The number of benzene rings is 2. The van der Waals surface area contributed by atoms with Gasteiger partial charge in [0.2, 0.25) is 0 Å². The Morgan fingerprint density at radius 1 is 1.03 bits per heavy atom. The first-order chi connectivity index (χ1) is 16.8. The second-order valence-corrected chi connectivity index (χ2v) is 11.3. The van der Waals surface area contributed by atoms with Crippen molar-refractivity contribution in [2.24, 2.45) is 0 Å². The van der Waals surface area contributed by atoms with Gasteiger partial charge in [-0.05, 0) is 44.7 Å². The highest BCUT2D eigenvalue weighted by atomic mass is 32.2. The summed E-state index contributed by atoms with van der Waals surface area (Å²) >= 11 is 3.09. The quantitative estimate of drug-likeness (QED) is 0.310. The van der Waals surface area contributed by atoms with Crippen LogP contribution in [-0.2, 0) is 6.54 Å². The summed E-state index contributed by atoms with van der Waals surface area (Å²) in [6, 6.07) is 15.7. The summed E-state index contributed by atoms with van der Waals surface area (Å²) in [5, 5.41) is 4.33. The first kappa shape index (κ1) is 23.5. The number of nitrogens with one attached hydrogen (secondary N) is 1. The molecule has 3 aromatic heterocycles. The van der Waals surface area contributed by atoms with Crippen LogP contribution in [0.15, 0.2) is 58.0 Å². The molecule has 0 saturated heterocycles. The summed E-state index contributed by atoms with van der Waals surface area (Å²) in [5.74, 6) is 1.77. The molecule has 5 rings (SSSR count). The number of aromatic nitrogens is 5. The molecule has 0 atom stereocenters. The SMILES string of the molecule is COc1cccc2nc(Sc3nc4c(N)nc(-c5ccccc5)nc4n3CCNC(C)(C)C)sc12. The monoisotopic (exact) mass is 505 g/mol. The van der Waals surface area contributed by atoms with Crippen molar-refractivity contribution in [3.63, 3.8) is 0 Å². The second-order valence-electron chi connectivity index (χ2n) is 9.08. The number of anilines is 1. The summed E-state index contributed by atoms with van der Waals surface area (Å²) < 4.78 is 9.51. The summed E-state index contributed by atoms with van der Waals surface area (Å²) in [6.07, 6.45) is 0. The average molecular weight is 506 g/mol. The van der Waals surface area contributed by atoms with Crippen molar-refractivity contribution in [1.82, 2.24) is 29.8 Å². The molecule has 2 aromatic carbocycles. The van der Waals surface area contributed by atoms with Gasteiger partial charge in [0.05, 0.1) is 17.3 Å². The number of imidazole rings is 1. The molecule has 180 valence electrons. The summed E-state index contributed by atoms with van der Waals surface area (Å²) in [5.41, 5.74) is 9.51. The van der Waals surface area contributed by atoms with Gasteiger partial charge in [-0.15, -0.1) is 11.3 Å². The highest BCUT2D eigenvalue weighted by Crippen LogP contribution is 2.39. The second kappa shape index (κ2) is 9.44. The Morgan fingerprint density at radius 3 is 2.57 bits per heavy atom. The smallest absolute Gasteiger partial charge is 0.177 e. The van der Waals surface area contributed by atoms with E-state index in [0.717, 1.165) is 37.6 Å². The van der Waals surface area contributed by atoms with E-state index >= 15 is 0 Å². The molecule has 5 aromatic rings. The molecule has 0 saturated carbocycles. The van der Waals surface area contributed by atoms with E-state index in [1.54, 1.807) is 18.4 Å². The zero-order valence-electron chi connectivity index (χ0n) is 20.1. The molecule has 0 bridgehead atoms. The standard InChI is InChI=1S/C25H27N7OS2/c1-25(2,3)27-13-14-32-22-18(20(26)30-21(31-22)15-9-6-5-7-10-15)29-23(32)35-24-28-16-11-8-12-17(33-4)19(16)34-24/h5-12,27H,13-14H2,1-4H3,(H2,26,30,31). The number of nitrogens with zero attached hydrogens (tertiary/aromatic N) is 5. The maximum atomic E-state index is 6.39. The topological polar surface area (TPSA) is 104 Å². The van der Waals surface area contributed by atoms with Gasteiger partial charge in [-0.2, -0.15) is 0 Å². The van der Waals surface area contributed by atoms with Crippen molar-refractivity contribution >= 4 is 50.3 Å². The van der Waals surface area contributed by atoms with Crippen molar-refractivity contribution in [3.05, 3.63) is 48.5 Å². The number of hydrogen-bond acceptors (Lipinski definition) is 9. The normalized spacial score (nSPS) is 12.0. The molecular formula is C25H27N7OS2. The Hall–Kier alpha value is -3.21. The molecule has 0 aliphatic carbocycles. The number of rotatable bonds is 7. The van der Waals surface area contributed by atoms with Crippen molar-refractivity contribution in [2.45, 2.75) is 42.4 Å². The summed E-state index contributed by atoms with van der Waals surface area (Å²) in [4.78, 5) is 19.1. The first-order valence-electron chi connectivity index (χ1n) is 11.3. The highest BCUT2D eigenvalue weighted by Gasteiger charge is 2.20. The van der Waals surface area contributed by atoms with E-state index in [-0.39, 0.29) is 5.54 Å². The predicted octanol–water partition coefficient (Wildman–Crippen LogP) is 5.23. The predicted molar refractivity (Wildman–Crippen MR) is 143 cm³/mol. The molecule has 0 amide bonds. The van der Waals surface area contributed by atoms with Gasteiger partial charge in [0.15, 0.2) is 32.3 Å². The maximum Gasteiger partial charge on any atom is 0.177 e. The minimum Gasteiger partial charge on any atom is -0.495 e. The number of nitrogen functional groups attached to an aromatic ring is 1. The van der Waals surface area contributed by atoms with E-state index in [1.807, 2.05) is 48.5 Å². The molecule has 0 aliphatic rings. The lowest BCUT2D eigenvalue weighted by molar-refractivity contribution is 0.409. The molecule has 8 nitrogen and oxygen atoms in total. The van der Waals surface area contributed by atoms with Crippen LogP contribution in [0.1, 0.15) is 20.8 Å². The van der Waals surface area contributed by atoms with Crippen molar-refractivity contribution < 1.29 is 4.74 Å². The molecule has 0 fully saturated rings. The van der Waals surface area contributed by atoms with Crippen LogP contribution in [0.25, 0.3) is 32.8 Å². The average Bonchev–Trinajstić information content (AvgIpc) is 3.40. The maximum absolute atomic E-state index is 6.39. The van der Waals surface area contributed by atoms with Crippen LogP contribution in [0.2, 0.25) is 0 Å². The molecule has 3 N–H and O–H groups in total. The van der Waals surface area contributed by atoms with Gasteiger partial charge in [0, 0.05) is 24.2 Å². The van der Waals surface area contributed by atoms with Crippen LogP contribution in [0, 0.1) is 0 Å². The van der Waals surface area contributed by atoms with Crippen LogP contribution >= 0.6 is 23.1 Å². The lowest BCUT2D eigenvalue weighted by atomic mass is 10.1. The zero-order chi connectivity index (χ0) is 24.6. The molecule has 0 aliphatic heterocycles. The zero-order valence-corrected chi connectivity index (χ0v) is 21.7. The number of ether oxygens (including phenoxy) is 1. The van der Waals surface area contributed by atoms with Crippen LogP contribution in [-0.4, -0.2) is 43.7 Å². The van der Waals surface area contributed by atoms with E-state index in [4.69, 9.17) is 25.4 Å². The van der Waals surface area contributed by atoms with Gasteiger partial charge >= 0.3 is 0 Å². The van der Waals surface area contributed by atoms with Gasteiger partial charge in [0.25, 0.3) is 0 Å². The van der Waals surface area contributed by atoms with E-state index in [0.29, 0.717) is 29.4 Å². The Bertz CT molecular complexity index is 1490. The fourth-order valence-electron chi connectivity index (χ4n) is 3.73. The lowest BCUT2D eigenvalue weighted by Crippen LogP contribution is -2.37. The molecule has 0 spiro atoms. The molecule has 35 heavy (non-hydrogen) atoms. The van der Waals surface area contributed by atoms with Gasteiger partial charge in [-0.1, -0.05) is 36.4 Å². The lowest BCUT2D eigenvalue weighted by Gasteiger charge is -2.21. The van der Waals surface area contributed by atoms with E-state index in [1.165, 1.54) is 11.8 Å². The van der Waals surface area contributed by atoms with E-state index < -0.39 is 0 Å². The van der Waals surface area contributed by atoms with E-state index in [9.17, 15) is 0 Å². The summed E-state index contributed by atoms with van der Waals surface area (Å²) in [7, 11) is 1.68. The number of nitrogens with two attached hydrogens (primary N) is 1. The Balaban J connectivity index is 1.59. The van der Waals surface area contributed by atoms with Gasteiger partial charge in [-0.3, -0.25) is 0 Å². The Kier molecular flexibility index (Phi) is 6.35. The Labute approximate surface area is 212 Å². The number of thiazole rings is 1. The first-order valence-corrected chi connectivity index (χ1v) is 12.9. The minimum atomic E-state index is -0.00348.